The summed E-state index contributed by atoms with van der Waals surface area (Å²) in [4.78, 5) is 17.7. The van der Waals surface area contributed by atoms with E-state index in [0.717, 1.165) is 0 Å². The Morgan fingerprint density at radius 2 is 1.80 bits per heavy atom. The fraction of sp³-hybridized carbons (Fsp3) is 0.333. The second-order valence-corrected chi connectivity index (χ2v) is 6.53. The molecule has 0 saturated heterocycles. The van der Waals surface area contributed by atoms with Gasteiger partial charge in [-0.2, -0.15) is 21.6 Å². The summed E-state index contributed by atoms with van der Waals surface area (Å²) >= 11 is 0. The molecule has 0 bridgehead atoms. The van der Waals surface area contributed by atoms with Crippen molar-refractivity contribution in [3.8, 4) is 5.88 Å². The molecule has 25 heavy (non-hydrogen) atoms. The van der Waals surface area contributed by atoms with Gasteiger partial charge >= 0.3 is 15.6 Å². The summed E-state index contributed by atoms with van der Waals surface area (Å²) in [5.74, 6) is -1.57. The zero-order valence-electron chi connectivity index (χ0n) is 13.4. The van der Waals surface area contributed by atoms with E-state index >= 15 is 0 Å². The van der Waals surface area contributed by atoms with Gasteiger partial charge in [-0.05, 0) is 26.0 Å². The van der Waals surface area contributed by atoms with Crippen LogP contribution in [-0.2, 0) is 10.1 Å². The van der Waals surface area contributed by atoms with Crippen molar-refractivity contribution in [2.75, 3.05) is 13.1 Å². The molecular weight excluding hydrogens is 361 g/mol. The van der Waals surface area contributed by atoms with Crippen molar-refractivity contribution in [2.24, 2.45) is 0 Å². The highest BCUT2D eigenvalue weighted by Crippen LogP contribution is 2.30. The number of para-hydroxylation sites is 1. The number of benzene rings is 1. The number of carbonyl (C=O) groups is 1. The van der Waals surface area contributed by atoms with Gasteiger partial charge in [0.05, 0.1) is 5.52 Å². The summed E-state index contributed by atoms with van der Waals surface area (Å²) in [6, 6.07) is 7.56. The van der Waals surface area contributed by atoms with E-state index in [9.17, 15) is 26.4 Å². The topological polar surface area (TPSA) is 76.6 Å². The van der Waals surface area contributed by atoms with Gasteiger partial charge in [-0.1, -0.05) is 18.2 Å². The van der Waals surface area contributed by atoms with Crippen LogP contribution >= 0.6 is 0 Å². The normalized spacial score (nSPS) is 12.2. The van der Waals surface area contributed by atoms with Crippen LogP contribution in [0.5, 0.6) is 5.88 Å². The number of pyridine rings is 1. The highest BCUT2D eigenvalue weighted by atomic mass is 32.2. The monoisotopic (exact) mass is 376 g/mol. The molecule has 6 nitrogen and oxygen atoms in total. The minimum atomic E-state index is -5.95. The third kappa shape index (κ3) is 3.84. The SMILES string of the molecule is CCN(CC)C(=O)c1cc2ccccc2nc1OS(=O)(=O)C(F)(F)F. The number of amides is 1. The van der Waals surface area contributed by atoms with Crippen molar-refractivity contribution in [2.45, 2.75) is 19.4 Å². The molecule has 0 N–H and O–H groups in total. The molecule has 1 amide bonds. The summed E-state index contributed by atoms with van der Waals surface area (Å²) in [7, 11) is -5.95. The van der Waals surface area contributed by atoms with Crippen molar-refractivity contribution >= 4 is 26.9 Å². The highest BCUT2D eigenvalue weighted by Gasteiger charge is 2.49. The average molecular weight is 376 g/mol. The first-order valence-electron chi connectivity index (χ1n) is 7.30. The van der Waals surface area contributed by atoms with Crippen LogP contribution in [0.1, 0.15) is 24.2 Å². The molecule has 1 aromatic heterocycles. The number of halogens is 3. The number of aromatic nitrogens is 1. The molecule has 2 rings (SSSR count). The van der Waals surface area contributed by atoms with Crippen molar-refractivity contribution in [3.63, 3.8) is 0 Å². The second kappa shape index (κ2) is 6.87. The van der Waals surface area contributed by atoms with Gasteiger partial charge in [0.2, 0.25) is 5.88 Å². The minimum absolute atomic E-state index is 0.200. The number of fused-ring (bicyclic) bond motifs is 1. The standard InChI is InChI=1S/C15H15F3N2O4S/c1-3-20(4-2)14(21)11-9-10-7-5-6-8-12(10)19-13(11)24-25(22,23)15(16,17)18/h5-9H,3-4H2,1-2H3. The first-order chi connectivity index (χ1) is 11.6. The highest BCUT2D eigenvalue weighted by molar-refractivity contribution is 7.88. The fourth-order valence-corrected chi connectivity index (χ4v) is 2.58. The molecule has 136 valence electrons. The smallest absolute Gasteiger partial charge is 0.354 e. The molecule has 0 fully saturated rings. The van der Waals surface area contributed by atoms with Crippen molar-refractivity contribution in [1.29, 1.82) is 0 Å². The fourth-order valence-electron chi connectivity index (χ4n) is 2.15. The number of alkyl halides is 3. The quantitative estimate of drug-likeness (QED) is 0.592. The van der Waals surface area contributed by atoms with Crippen molar-refractivity contribution in [3.05, 3.63) is 35.9 Å². The number of nitrogens with zero attached hydrogens (tertiary/aromatic N) is 2. The third-order valence-corrected chi connectivity index (χ3v) is 4.39. The summed E-state index contributed by atoms with van der Waals surface area (Å²) in [6.45, 7) is 3.94. The largest absolute Gasteiger partial charge is 0.534 e. The molecule has 1 heterocycles. The lowest BCUT2D eigenvalue weighted by molar-refractivity contribution is -0.0501. The zero-order chi connectivity index (χ0) is 18.8. The van der Waals surface area contributed by atoms with Gasteiger partial charge in [-0.15, -0.1) is 0 Å². The molecular formula is C15H15F3N2O4S. The van der Waals surface area contributed by atoms with E-state index in [1.54, 1.807) is 32.0 Å². The Morgan fingerprint density at radius 1 is 1.20 bits per heavy atom. The van der Waals surface area contributed by atoms with Crippen LogP contribution in [0.15, 0.2) is 30.3 Å². The Bertz CT molecular complexity index is 893. The second-order valence-electron chi connectivity index (χ2n) is 4.99. The van der Waals surface area contributed by atoms with E-state index in [1.807, 2.05) is 0 Å². The van der Waals surface area contributed by atoms with Gasteiger partial charge in [-0.3, -0.25) is 4.79 Å². The lowest BCUT2D eigenvalue weighted by Crippen LogP contribution is -2.33. The molecule has 0 unspecified atom stereocenters. The van der Waals surface area contributed by atoms with Crippen LogP contribution in [0, 0.1) is 0 Å². The predicted octanol–water partition coefficient (Wildman–Crippen LogP) is 2.95. The first kappa shape index (κ1) is 19.0. The predicted molar refractivity (Wildman–Crippen MR) is 84.6 cm³/mol. The number of hydrogen-bond donors (Lipinski definition) is 0. The molecule has 0 aliphatic rings. The zero-order valence-corrected chi connectivity index (χ0v) is 14.2. The van der Waals surface area contributed by atoms with E-state index in [4.69, 9.17) is 0 Å². The Labute approximate surface area is 142 Å². The molecule has 0 atom stereocenters. The Morgan fingerprint density at radius 3 is 2.36 bits per heavy atom. The van der Waals surface area contributed by atoms with E-state index < -0.39 is 27.4 Å². The van der Waals surface area contributed by atoms with Gasteiger partial charge < -0.3 is 9.08 Å². The summed E-state index contributed by atoms with van der Waals surface area (Å²) in [5, 5.41) is 0.467. The molecule has 2 aromatic rings. The van der Waals surface area contributed by atoms with Gasteiger partial charge in [-0.25, -0.2) is 4.98 Å². The maximum atomic E-state index is 12.6. The van der Waals surface area contributed by atoms with Crippen LogP contribution in [0.3, 0.4) is 0 Å². The van der Waals surface area contributed by atoms with E-state index in [-0.39, 0.29) is 24.2 Å². The summed E-state index contributed by atoms with van der Waals surface area (Å²) in [6.07, 6.45) is 0. The van der Waals surface area contributed by atoms with Gasteiger partial charge in [0, 0.05) is 18.5 Å². The maximum absolute atomic E-state index is 12.6. The molecule has 0 spiro atoms. The molecule has 0 radical (unpaired) electrons. The van der Waals surface area contributed by atoms with Crippen LogP contribution in [-0.4, -0.2) is 42.8 Å². The Balaban J connectivity index is 2.64. The van der Waals surface area contributed by atoms with Gasteiger partial charge in [0.25, 0.3) is 5.91 Å². The average Bonchev–Trinajstić information content (AvgIpc) is 2.53. The Kier molecular flexibility index (Phi) is 5.21. The van der Waals surface area contributed by atoms with Crippen molar-refractivity contribution < 1.29 is 30.6 Å². The van der Waals surface area contributed by atoms with Crippen LogP contribution in [0.25, 0.3) is 10.9 Å². The van der Waals surface area contributed by atoms with Gasteiger partial charge in [0.1, 0.15) is 5.56 Å². The molecule has 1 aromatic carbocycles. The first-order valence-corrected chi connectivity index (χ1v) is 8.71. The van der Waals surface area contributed by atoms with Gasteiger partial charge in [0.15, 0.2) is 0 Å². The third-order valence-electron chi connectivity index (χ3n) is 3.44. The molecule has 0 saturated carbocycles. The molecule has 10 heteroatoms. The minimum Gasteiger partial charge on any atom is -0.354 e. The number of rotatable bonds is 5. The summed E-state index contributed by atoms with van der Waals surface area (Å²) in [5.41, 5.74) is -5.78. The van der Waals surface area contributed by atoms with E-state index in [0.29, 0.717) is 5.39 Å². The maximum Gasteiger partial charge on any atom is 0.534 e. The van der Waals surface area contributed by atoms with E-state index in [1.165, 1.54) is 17.0 Å². The number of hydrogen-bond acceptors (Lipinski definition) is 5. The lowest BCUT2D eigenvalue weighted by Gasteiger charge is -2.20. The molecule has 0 aliphatic carbocycles. The van der Waals surface area contributed by atoms with Crippen LogP contribution in [0.4, 0.5) is 13.2 Å². The lowest BCUT2D eigenvalue weighted by atomic mass is 10.1. The summed E-state index contributed by atoms with van der Waals surface area (Å²) < 4.78 is 64.7. The van der Waals surface area contributed by atoms with E-state index in [2.05, 4.69) is 9.17 Å². The molecule has 0 aliphatic heterocycles. The Hall–Kier alpha value is -2.36. The van der Waals surface area contributed by atoms with Crippen molar-refractivity contribution in [1.82, 2.24) is 9.88 Å². The van der Waals surface area contributed by atoms with Crippen LogP contribution < -0.4 is 4.18 Å². The van der Waals surface area contributed by atoms with Crippen LogP contribution in [0.2, 0.25) is 0 Å². The number of carbonyl (C=O) groups excluding carboxylic acids is 1.